The van der Waals surface area contributed by atoms with Gasteiger partial charge in [0.05, 0.1) is 49.9 Å². The van der Waals surface area contributed by atoms with Gasteiger partial charge in [0, 0.05) is 79.1 Å². The van der Waals surface area contributed by atoms with E-state index in [9.17, 15) is 4.79 Å². The number of amides is 1. The smallest absolute Gasteiger partial charge is 0.274 e. The monoisotopic (exact) mass is 695 g/mol. The van der Waals surface area contributed by atoms with Crippen molar-refractivity contribution in [2.24, 2.45) is 0 Å². The quantitative estimate of drug-likeness (QED) is 0.119. The summed E-state index contributed by atoms with van der Waals surface area (Å²) >= 11 is 0. The molecule has 2 aromatic heterocycles. The Bertz CT molecular complexity index is 1870. The molecule has 13 nitrogen and oxygen atoms in total. The highest BCUT2D eigenvalue weighted by atomic mass is 16.8. The van der Waals surface area contributed by atoms with Gasteiger partial charge in [-0.1, -0.05) is 13.8 Å². The summed E-state index contributed by atoms with van der Waals surface area (Å²) in [5.41, 5.74) is 7.98. The topological polar surface area (TPSA) is 134 Å². The number of hydrogen-bond acceptors (Lipinski definition) is 11. The number of carbonyl (C=O) groups excluding carboxylic acids is 1. The largest absolute Gasteiger partial charge is 0.497 e. The van der Waals surface area contributed by atoms with Gasteiger partial charge in [0.1, 0.15) is 23.9 Å². The van der Waals surface area contributed by atoms with E-state index in [1.807, 2.05) is 35.1 Å². The van der Waals surface area contributed by atoms with Crippen LogP contribution in [0.4, 0.5) is 11.4 Å². The van der Waals surface area contributed by atoms with E-state index in [0.717, 1.165) is 59.5 Å². The summed E-state index contributed by atoms with van der Waals surface area (Å²) in [5, 5.41) is 8.03. The van der Waals surface area contributed by atoms with E-state index < -0.39 is 6.29 Å². The number of aromatic nitrogens is 4. The SMILES string of the molecule is COc1cc(OC)cc(N(CCNC(C)C)c2ccc3ncc(-c4cnn(CCOc5ccc(C(=O)NOC6CCCCO6)cc5)c4)nc3c2)c1. The molecule has 6 rings (SSSR count). The molecule has 1 aliphatic rings. The summed E-state index contributed by atoms with van der Waals surface area (Å²) in [6.45, 7) is 7.31. The Morgan fingerprint density at radius 1 is 0.961 bits per heavy atom. The van der Waals surface area contributed by atoms with Gasteiger partial charge >= 0.3 is 0 Å². The summed E-state index contributed by atoms with van der Waals surface area (Å²) in [6.07, 6.45) is 7.87. The van der Waals surface area contributed by atoms with Gasteiger partial charge in [0.15, 0.2) is 6.29 Å². The van der Waals surface area contributed by atoms with Gasteiger partial charge in [-0.05, 0) is 55.3 Å². The van der Waals surface area contributed by atoms with Crippen LogP contribution in [-0.4, -0.2) is 78.5 Å². The highest BCUT2D eigenvalue weighted by Gasteiger charge is 2.17. The highest BCUT2D eigenvalue weighted by molar-refractivity contribution is 5.93. The summed E-state index contributed by atoms with van der Waals surface area (Å²) < 4.78 is 24.3. The fourth-order valence-electron chi connectivity index (χ4n) is 5.69. The third-order valence-electron chi connectivity index (χ3n) is 8.43. The van der Waals surface area contributed by atoms with Crippen molar-refractivity contribution in [2.45, 2.75) is 52.0 Å². The van der Waals surface area contributed by atoms with Gasteiger partial charge in [-0.15, -0.1) is 0 Å². The fraction of sp³-hybridized carbons (Fsp3) is 0.368. The van der Waals surface area contributed by atoms with Crippen molar-refractivity contribution in [3.05, 3.63) is 84.8 Å². The molecule has 5 aromatic rings. The molecule has 0 bridgehead atoms. The first-order chi connectivity index (χ1) is 24.9. The minimum absolute atomic E-state index is 0.332. The fourth-order valence-corrected chi connectivity index (χ4v) is 5.69. The molecule has 0 aliphatic carbocycles. The molecular formula is C38H45N7O6. The number of ether oxygens (including phenoxy) is 4. The van der Waals surface area contributed by atoms with Crippen LogP contribution in [-0.2, 0) is 16.1 Å². The second-order valence-electron chi connectivity index (χ2n) is 12.5. The van der Waals surface area contributed by atoms with Crippen molar-refractivity contribution in [1.29, 1.82) is 0 Å². The molecule has 1 aliphatic heterocycles. The van der Waals surface area contributed by atoms with Crippen molar-refractivity contribution in [3.63, 3.8) is 0 Å². The Morgan fingerprint density at radius 2 is 1.76 bits per heavy atom. The van der Waals surface area contributed by atoms with E-state index in [4.69, 9.17) is 33.8 Å². The van der Waals surface area contributed by atoms with Crippen LogP contribution in [0.2, 0.25) is 0 Å². The molecule has 0 saturated carbocycles. The van der Waals surface area contributed by atoms with E-state index >= 15 is 0 Å². The summed E-state index contributed by atoms with van der Waals surface area (Å²) in [7, 11) is 3.30. The molecule has 0 spiro atoms. The zero-order chi connectivity index (χ0) is 35.6. The van der Waals surface area contributed by atoms with Gasteiger partial charge in [-0.2, -0.15) is 5.10 Å². The molecule has 0 radical (unpaired) electrons. The van der Waals surface area contributed by atoms with Crippen molar-refractivity contribution < 1.29 is 28.6 Å². The molecule has 1 atom stereocenters. The molecule has 1 fully saturated rings. The van der Waals surface area contributed by atoms with Crippen LogP contribution < -0.4 is 29.9 Å². The lowest BCUT2D eigenvalue weighted by Gasteiger charge is -2.27. The van der Waals surface area contributed by atoms with E-state index in [0.29, 0.717) is 55.2 Å². The number of carbonyl (C=O) groups is 1. The van der Waals surface area contributed by atoms with Crippen LogP contribution in [0.1, 0.15) is 43.5 Å². The second kappa shape index (κ2) is 17.1. The Kier molecular flexibility index (Phi) is 11.9. The number of benzene rings is 3. The molecule has 3 heterocycles. The molecule has 2 N–H and O–H groups in total. The normalized spacial score (nSPS) is 14.4. The van der Waals surface area contributed by atoms with E-state index in [1.165, 1.54) is 0 Å². The Balaban J connectivity index is 1.10. The number of hydroxylamine groups is 1. The number of nitrogens with zero attached hydrogens (tertiary/aromatic N) is 5. The predicted octanol–water partition coefficient (Wildman–Crippen LogP) is 5.91. The molecule has 13 heteroatoms. The maximum Gasteiger partial charge on any atom is 0.274 e. The van der Waals surface area contributed by atoms with Crippen molar-refractivity contribution in [1.82, 2.24) is 30.5 Å². The maximum absolute atomic E-state index is 12.4. The lowest BCUT2D eigenvalue weighted by molar-refractivity contribution is -0.186. The molecule has 1 amide bonds. The second-order valence-corrected chi connectivity index (χ2v) is 12.5. The Hall–Kier alpha value is -5.24. The van der Waals surface area contributed by atoms with Crippen LogP contribution in [0.3, 0.4) is 0 Å². The number of hydrogen-bond donors (Lipinski definition) is 2. The summed E-state index contributed by atoms with van der Waals surface area (Å²) in [5.74, 6) is 1.74. The summed E-state index contributed by atoms with van der Waals surface area (Å²) in [6, 6.07) is 19.2. The van der Waals surface area contributed by atoms with Gasteiger partial charge < -0.3 is 29.2 Å². The number of fused-ring (bicyclic) bond motifs is 1. The highest BCUT2D eigenvalue weighted by Crippen LogP contribution is 2.34. The van der Waals surface area contributed by atoms with Gasteiger partial charge in [0.25, 0.3) is 5.91 Å². The summed E-state index contributed by atoms with van der Waals surface area (Å²) in [4.78, 5) is 29.7. The zero-order valence-corrected chi connectivity index (χ0v) is 29.5. The van der Waals surface area contributed by atoms with Crippen molar-refractivity contribution in [3.8, 4) is 28.5 Å². The first-order valence-corrected chi connectivity index (χ1v) is 17.2. The molecular weight excluding hydrogens is 650 g/mol. The zero-order valence-electron chi connectivity index (χ0n) is 29.5. The first kappa shape index (κ1) is 35.6. The average Bonchev–Trinajstić information content (AvgIpc) is 3.64. The van der Waals surface area contributed by atoms with Crippen LogP contribution in [0.5, 0.6) is 17.2 Å². The molecule has 1 saturated heterocycles. The lowest BCUT2D eigenvalue weighted by atomic mass is 10.2. The standard InChI is InChI=1S/C38H45N7O6/c1-26(2)39-14-15-45(30-19-32(47-3)22-33(20-30)48-4)29-10-13-34-35(21-29)42-36(24-40-34)28-23-41-44(25-28)16-18-49-31-11-8-27(9-12-31)38(46)43-51-37-7-5-6-17-50-37/h8-13,19-26,37,39H,5-7,14-18H2,1-4H3,(H,43,46). The lowest BCUT2D eigenvalue weighted by Crippen LogP contribution is -2.33. The number of anilines is 2. The van der Waals surface area contributed by atoms with Crippen LogP contribution in [0.15, 0.2) is 79.3 Å². The minimum atomic E-state index is -0.400. The van der Waals surface area contributed by atoms with E-state index in [-0.39, 0.29) is 5.91 Å². The van der Waals surface area contributed by atoms with Crippen molar-refractivity contribution >= 4 is 28.3 Å². The number of methoxy groups -OCH3 is 2. The van der Waals surface area contributed by atoms with Crippen LogP contribution in [0.25, 0.3) is 22.3 Å². The number of nitrogens with one attached hydrogen (secondary N) is 2. The van der Waals surface area contributed by atoms with Crippen LogP contribution >= 0.6 is 0 Å². The van der Waals surface area contributed by atoms with Crippen LogP contribution in [0, 0.1) is 0 Å². The third-order valence-corrected chi connectivity index (χ3v) is 8.43. The maximum atomic E-state index is 12.4. The molecule has 3 aromatic carbocycles. The van der Waals surface area contributed by atoms with Gasteiger partial charge in [0.2, 0.25) is 0 Å². The predicted molar refractivity (Wildman–Crippen MR) is 195 cm³/mol. The van der Waals surface area contributed by atoms with E-state index in [1.54, 1.807) is 50.9 Å². The molecule has 51 heavy (non-hydrogen) atoms. The van der Waals surface area contributed by atoms with E-state index in [2.05, 4.69) is 46.8 Å². The van der Waals surface area contributed by atoms with Gasteiger partial charge in [-0.25, -0.2) is 15.3 Å². The molecule has 268 valence electrons. The first-order valence-electron chi connectivity index (χ1n) is 17.2. The Labute approximate surface area is 297 Å². The third kappa shape index (κ3) is 9.51. The Morgan fingerprint density at radius 3 is 2.49 bits per heavy atom. The van der Waals surface area contributed by atoms with Crippen molar-refractivity contribution in [2.75, 3.05) is 45.4 Å². The number of rotatable bonds is 16. The average molecular weight is 696 g/mol. The molecule has 1 unspecified atom stereocenters. The minimum Gasteiger partial charge on any atom is -0.497 e. The van der Waals surface area contributed by atoms with Gasteiger partial charge in [-0.3, -0.25) is 14.5 Å².